The van der Waals surface area contributed by atoms with E-state index in [1.165, 1.54) is 25.4 Å². The number of hydrogen-bond acceptors (Lipinski definition) is 10. The summed E-state index contributed by atoms with van der Waals surface area (Å²) in [6.45, 7) is 0.900. The summed E-state index contributed by atoms with van der Waals surface area (Å²) in [7, 11) is 0. The van der Waals surface area contributed by atoms with Crippen LogP contribution in [0.25, 0.3) is 0 Å². The Kier molecular flexibility index (Phi) is 6.38. The summed E-state index contributed by atoms with van der Waals surface area (Å²) >= 11 is 17.6. The Hall–Kier alpha value is 2.33. The van der Waals surface area contributed by atoms with Gasteiger partial charge in [-0.2, -0.15) is 0 Å². The van der Waals surface area contributed by atoms with Crippen molar-refractivity contribution in [3.63, 3.8) is 0 Å². The van der Waals surface area contributed by atoms with Crippen LogP contribution < -0.4 is 0 Å². The summed E-state index contributed by atoms with van der Waals surface area (Å²) in [5, 5.41) is 0. The molecule has 0 aromatic heterocycles. The van der Waals surface area contributed by atoms with Crippen LogP contribution in [0.15, 0.2) is 25.4 Å². The zero-order valence-electron chi connectivity index (χ0n) is 11.7. The average molecular weight is 461 g/mol. The minimum Gasteiger partial charge on any atom is -0.364 e. The fraction of sp³-hybridized carbons (Fsp3) is 0.500. The minimum absolute atomic E-state index is 0.338. The standard InChI is InChI=1S/C12H12OS9/c1-14-7-8(15-2)20-11(19-7)12-21-9-10(22-12)18-6-5(17-9)13-3-4-16-6/h5-6H,3-4H2,1-2H3. The summed E-state index contributed by atoms with van der Waals surface area (Å²) in [4.78, 5) is 0. The summed E-state index contributed by atoms with van der Waals surface area (Å²) in [6, 6.07) is 0. The molecule has 1 fully saturated rings. The first-order chi connectivity index (χ1) is 10.8. The molecule has 0 saturated carbocycles. The molecular weight excluding hydrogens is 449 g/mol. The Morgan fingerprint density at radius 3 is 2.18 bits per heavy atom. The van der Waals surface area contributed by atoms with Gasteiger partial charge in [-0.3, -0.25) is 0 Å². The van der Waals surface area contributed by atoms with Gasteiger partial charge in [-0.05, 0) is 12.5 Å². The van der Waals surface area contributed by atoms with Crippen LogP contribution in [0.1, 0.15) is 0 Å². The number of rotatable bonds is 2. The van der Waals surface area contributed by atoms with Crippen LogP contribution in [0.3, 0.4) is 0 Å². The SMILES string of the molecule is CSC1=C(SC)SC(=C2SC3=C(S2)SC2SCCOC2S3)S1. The quantitative estimate of drug-likeness (QED) is 0.426. The molecule has 2 unspecified atom stereocenters. The zero-order valence-corrected chi connectivity index (χ0v) is 19.0. The van der Waals surface area contributed by atoms with E-state index in [-0.39, 0.29) is 0 Å². The monoisotopic (exact) mass is 460 g/mol. The van der Waals surface area contributed by atoms with Crippen molar-refractivity contribution in [2.24, 2.45) is 0 Å². The molecule has 0 bridgehead atoms. The molecule has 0 aliphatic carbocycles. The molecular formula is C12H12OS9. The molecule has 2 atom stereocenters. The maximum Gasteiger partial charge on any atom is 0.129 e. The van der Waals surface area contributed by atoms with Gasteiger partial charge in [-0.25, -0.2) is 0 Å². The molecule has 0 aromatic carbocycles. The predicted octanol–water partition coefficient (Wildman–Crippen LogP) is 6.95. The zero-order chi connectivity index (χ0) is 15.1. The van der Waals surface area contributed by atoms with Crippen molar-refractivity contribution in [1.29, 1.82) is 0 Å². The Bertz CT molecular complexity index is 535. The van der Waals surface area contributed by atoms with Crippen LogP contribution in [-0.4, -0.2) is 34.9 Å². The van der Waals surface area contributed by atoms with Crippen LogP contribution in [0, 0.1) is 0 Å². The summed E-state index contributed by atoms with van der Waals surface area (Å²) in [6.07, 6.45) is 4.35. The number of hydrogen-bond donors (Lipinski definition) is 0. The lowest BCUT2D eigenvalue weighted by atomic mass is 10.7. The van der Waals surface area contributed by atoms with Crippen LogP contribution in [0.2, 0.25) is 0 Å². The van der Waals surface area contributed by atoms with Crippen molar-refractivity contribution in [1.82, 2.24) is 0 Å². The second kappa shape index (κ2) is 7.92. The molecule has 1 saturated heterocycles. The topological polar surface area (TPSA) is 9.23 Å². The first-order valence-corrected chi connectivity index (χ1v) is 14.9. The fourth-order valence-corrected chi connectivity index (χ4v) is 15.4. The Morgan fingerprint density at radius 1 is 0.864 bits per heavy atom. The molecule has 0 spiro atoms. The van der Waals surface area contributed by atoms with E-state index in [1.54, 1.807) is 0 Å². The van der Waals surface area contributed by atoms with Crippen LogP contribution >= 0.6 is 106 Å². The van der Waals surface area contributed by atoms with Crippen molar-refractivity contribution in [3.05, 3.63) is 25.4 Å². The highest BCUT2D eigenvalue weighted by atomic mass is 32.3. The van der Waals surface area contributed by atoms with Crippen LogP contribution in [-0.2, 0) is 4.74 Å². The second-order valence-electron chi connectivity index (χ2n) is 4.26. The summed E-state index contributed by atoms with van der Waals surface area (Å²) in [5.74, 6) is 1.13. The van der Waals surface area contributed by atoms with Crippen LogP contribution in [0.5, 0.6) is 0 Å². The molecule has 120 valence electrons. The molecule has 0 aromatic rings. The van der Waals surface area contributed by atoms with E-state index in [0.717, 1.165) is 12.4 Å². The molecule has 0 amide bonds. The van der Waals surface area contributed by atoms with E-state index in [4.69, 9.17) is 4.74 Å². The van der Waals surface area contributed by atoms with E-state index in [1.807, 2.05) is 94.1 Å². The molecule has 4 heterocycles. The van der Waals surface area contributed by atoms with Crippen molar-refractivity contribution < 1.29 is 4.74 Å². The molecule has 4 aliphatic heterocycles. The maximum absolute atomic E-state index is 5.94. The summed E-state index contributed by atoms with van der Waals surface area (Å²) in [5.41, 5.74) is 0.338. The van der Waals surface area contributed by atoms with Crippen molar-refractivity contribution in [3.8, 4) is 0 Å². The van der Waals surface area contributed by atoms with Gasteiger partial charge in [-0.15, -0.1) is 35.3 Å². The van der Waals surface area contributed by atoms with E-state index < -0.39 is 0 Å². The smallest absolute Gasteiger partial charge is 0.129 e. The summed E-state index contributed by atoms with van der Waals surface area (Å²) < 4.78 is 15.3. The molecule has 4 rings (SSSR count). The first-order valence-electron chi connectivity index (χ1n) is 6.37. The number of fused-ring (bicyclic) bond motifs is 1. The molecule has 10 heteroatoms. The maximum atomic E-state index is 5.94. The highest BCUT2D eigenvalue weighted by Crippen LogP contribution is 2.69. The average Bonchev–Trinajstić information content (AvgIpc) is 3.15. The minimum atomic E-state index is 0.338. The van der Waals surface area contributed by atoms with Gasteiger partial charge in [0.15, 0.2) is 0 Å². The highest BCUT2D eigenvalue weighted by molar-refractivity contribution is 8.46. The Labute approximate surface area is 169 Å². The Balaban J connectivity index is 1.50. The van der Waals surface area contributed by atoms with Crippen molar-refractivity contribution >= 4 is 106 Å². The molecule has 22 heavy (non-hydrogen) atoms. The third-order valence-corrected chi connectivity index (χ3v) is 16.3. The van der Waals surface area contributed by atoms with Gasteiger partial charge >= 0.3 is 0 Å². The van der Waals surface area contributed by atoms with Crippen molar-refractivity contribution in [2.75, 3.05) is 24.9 Å². The van der Waals surface area contributed by atoms with Gasteiger partial charge < -0.3 is 4.74 Å². The predicted molar refractivity (Wildman–Crippen MR) is 120 cm³/mol. The molecule has 1 nitrogen and oxygen atoms in total. The van der Waals surface area contributed by atoms with Gasteiger partial charge in [-0.1, -0.05) is 70.6 Å². The van der Waals surface area contributed by atoms with Gasteiger partial charge in [0.25, 0.3) is 0 Å². The number of thioether (sulfide) groups is 9. The largest absolute Gasteiger partial charge is 0.364 e. The fourth-order valence-electron chi connectivity index (χ4n) is 1.98. The van der Waals surface area contributed by atoms with E-state index in [2.05, 4.69) is 24.3 Å². The van der Waals surface area contributed by atoms with E-state index in [9.17, 15) is 0 Å². The third kappa shape index (κ3) is 3.57. The third-order valence-electron chi connectivity index (χ3n) is 2.93. The lowest BCUT2D eigenvalue weighted by molar-refractivity contribution is 0.131. The Morgan fingerprint density at radius 2 is 1.50 bits per heavy atom. The lowest BCUT2D eigenvalue weighted by Crippen LogP contribution is -2.29. The normalized spacial score (nSPS) is 31.9. The van der Waals surface area contributed by atoms with Gasteiger partial charge in [0.1, 0.15) is 5.44 Å². The van der Waals surface area contributed by atoms with E-state index in [0.29, 0.717) is 10.0 Å². The highest BCUT2D eigenvalue weighted by Gasteiger charge is 2.40. The van der Waals surface area contributed by atoms with Crippen molar-refractivity contribution in [2.45, 2.75) is 10.0 Å². The van der Waals surface area contributed by atoms with Gasteiger partial charge in [0.05, 0.1) is 36.6 Å². The van der Waals surface area contributed by atoms with E-state index >= 15 is 0 Å². The molecule has 0 radical (unpaired) electrons. The molecule has 0 N–H and O–H groups in total. The number of ether oxygens (including phenoxy) is 1. The van der Waals surface area contributed by atoms with Gasteiger partial charge in [0.2, 0.25) is 0 Å². The lowest BCUT2D eigenvalue weighted by Gasteiger charge is -2.33. The molecule has 4 aliphatic rings. The van der Waals surface area contributed by atoms with Gasteiger partial charge in [0, 0.05) is 5.75 Å². The first kappa shape index (κ1) is 17.7. The second-order valence-corrected chi connectivity index (χ2v) is 15.3. The van der Waals surface area contributed by atoms with Crippen LogP contribution in [0.4, 0.5) is 0 Å².